The van der Waals surface area contributed by atoms with Gasteiger partial charge in [0.15, 0.2) is 0 Å². The molecular formula is C17H23N3O3. The van der Waals surface area contributed by atoms with Crippen LogP contribution in [0.25, 0.3) is 11.5 Å². The average Bonchev–Trinajstić information content (AvgIpc) is 2.87. The molecule has 1 amide bonds. The van der Waals surface area contributed by atoms with Crippen molar-refractivity contribution in [3.8, 4) is 17.2 Å². The largest absolute Gasteiger partial charge is 0.496 e. The molecule has 6 heteroatoms. The first-order valence-corrected chi connectivity index (χ1v) is 7.52. The van der Waals surface area contributed by atoms with E-state index >= 15 is 0 Å². The van der Waals surface area contributed by atoms with Gasteiger partial charge in [0.2, 0.25) is 11.8 Å². The molecule has 0 aliphatic heterocycles. The number of likely N-dealkylation sites (N-methyl/N-ethyl adjacent to an activating group) is 1. The number of amides is 1. The third kappa shape index (κ3) is 4.56. The van der Waals surface area contributed by atoms with Crippen LogP contribution in [-0.4, -0.2) is 50.1 Å². The molecule has 0 aliphatic carbocycles. The Bertz CT molecular complexity index is 665. The zero-order valence-electron chi connectivity index (χ0n) is 14.0. The van der Waals surface area contributed by atoms with Crippen LogP contribution in [0.5, 0.6) is 5.75 Å². The molecule has 1 heterocycles. The van der Waals surface area contributed by atoms with Crippen molar-refractivity contribution in [2.75, 3.05) is 34.3 Å². The fourth-order valence-electron chi connectivity index (χ4n) is 2.16. The van der Waals surface area contributed by atoms with E-state index in [4.69, 9.17) is 9.15 Å². The second-order valence-corrected chi connectivity index (χ2v) is 5.55. The zero-order chi connectivity index (χ0) is 16.8. The van der Waals surface area contributed by atoms with Crippen molar-refractivity contribution >= 4 is 5.91 Å². The highest BCUT2D eigenvalue weighted by Gasteiger charge is 2.16. The molecule has 0 spiro atoms. The van der Waals surface area contributed by atoms with Crippen LogP contribution in [0.2, 0.25) is 0 Å². The Kier molecular flexibility index (Phi) is 5.76. The number of rotatable bonds is 7. The van der Waals surface area contributed by atoms with Crippen LogP contribution < -0.4 is 10.1 Å². The molecule has 0 aliphatic rings. The lowest BCUT2D eigenvalue weighted by Gasteiger charge is -2.09. The molecule has 0 bridgehead atoms. The number of nitrogens with one attached hydrogen (secondary N) is 1. The molecule has 1 aromatic heterocycles. The Morgan fingerprint density at radius 1 is 1.35 bits per heavy atom. The summed E-state index contributed by atoms with van der Waals surface area (Å²) in [7, 11) is 5.54. The highest BCUT2D eigenvalue weighted by atomic mass is 16.5. The Hall–Kier alpha value is -2.34. The fraction of sp³-hybridized carbons (Fsp3) is 0.412. The minimum absolute atomic E-state index is 0.0603. The predicted octanol–water partition coefficient (Wildman–Crippen LogP) is 1.88. The molecule has 2 aromatic rings. The molecule has 0 fully saturated rings. The Morgan fingerprint density at radius 2 is 2.09 bits per heavy atom. The van der Waals surface area contributed by atoms with Crippen LogP contribution >= 0.6 is 0 Å². The van der Waals surface area contributed by atoms with Crippen molar-refractivity contribution in [2.45, 2.75) is 13.3 Å². The second-order valence-electron chi connectivity index (χ2n) is 5.55. The number of aromatic nitrogens is 1. The maximum Gasteiger partial charge on any atom is 0.230 e. The number of carbonyl (C=O) groups excluding carboxylic acids is 1. The van der Waals surface area contributed by atoms with E-state index < -0.39 is 0 Å². The van der Waals surface area contributed by atoms with Gasteiger partial charge in [-0.25, -0.2) is 4.98 Å². The number of ether oxygens (including phenoxy) is 1. The SMILES string of the molecule is COc1ccccc1-c1nc(CC(=O)NCCN(C)C)c(C)o1. The summed E-state index contributed by atoms with van der Waals surface area (Å²) >= 11 is 0. The lowest BCUT2D eigenvalue weighted by molar-refractivity contribution is -0.120. The maximum atomic E-state index is 12.0. The quantitative estimate of drug-likeness (QED) is 0.844. The van der Waals surface area contributed by atoms with E-state index in [0.29, 0.717) is 29.6 Å². The van der Waals surface area contributed by atoms with Crippen LogP contribution in [0.4, 0.5) is 0 Å². The highest BCUT2D eigenvalue weighted by Crippen LogP contribution is 2.30. The van der Waals surface area contributed by atoms with Crippen molar-refractivity contribution in [3.05, 3.63) is 35.7 Å². The molecule has 23 heavy (non-hydrogen) atoms. The van der Waals surface area contributed by atoms with Crippen LogP contribution in [0.1, 0.15) is 11.5 Å². The van der Waals surface area contributed by atoms with Crippen LogP contribution in [0, 0.1) is 6.92 Å². The lowest BCUT2D eigenvalue weighted by Crippen LogP contribution is -2.32. The topological polar surface area (TPSA) is 67.6 Å². The van der Waals surface area contributed by atoms with Gasteiger partial charge in [-0.2, -0.15) is 0 Å². The molecule has 1 aromatic carbocycles. The smallest absolute Gasteiger partial charge is 0.230 e. The minimum Gasteiger partial charge on any atom is -0.496 e. The van der Waals surface area contributed by atoms with E-state index in [1.165, 1.54) is 0 Å². The number of benzene rings is 1. The molecule has 6 nitrogen and oxygen atoms in total. The van der Waals surface area contributed by atoms with Crippen molar-refractivity contribution in [1.82, 2.24) is 15.2 Å². The highest BCUT2D eigenvalue weighted by molar-refractivity contribution is 5.78. The van der Waals surface area contributed by atoms with E-state index in [1.807, 2.05) is 50.2 Å². The molecular weight excluding hydrogens is 294 g/mol. The monoisotopic (exact) mass is 317 g/mol. The molecule has 1 N–H and O–H groups in total. The van der Waals surface area contributed by atoms with Crippen molar-refractivity contribution in [1.29, 1.82) is 0 Å². The first-order chi connectivity index (χ1) is 11.0. The maximum absolute atomic E-state index is 12.0. The minimum atomic E-state index is -0.0603. The van der Waals surface area contributed by atoms with Gasteiger partial charge in [0.05, 0.1) is 24.8 Å². The third-order valence-corrected chi connectivity index (χ3v) is 3.44. The van der Waals surface area contributed by atoms with Gasteiger partial charge in [0, 0.05) is 13.1 Å². The Morgan fingerprint density at radius 3 is 2.78 bits per heavy atom. The molecule has 0 unspecified atom stereocenters. The number of methoxy groups -OCH3 is 1. The van der Waals surface area contributed by atoms with Gasteiger partial charge in [-0.1, -0.05) is 12.1 Å². The third-order valence-electron chi connectivity index (χ3n) is 3.44. The summed E-state index contributed by atoms with van der Waals surface area (Å²) in [5.41, 5.74) is 1.42. The van der Waals surface area contributed by atoms with Crippen molar-refractivity contribution in [2.24, 2.45) is 0 Å². The average molecular weight is 317 g/mol. The van der Waals surface area contributed by atoms with Gasteiger partial charge in [0.1, 0.15) is 11.5 Å². The van der Waals surface area contributed by atoms with Gasteiger partial charge in [-0.15, -0.1) is 0 Å². The first kappa shape index (κ1) is 17.0. The summed E-state index contributed by atoms with van der Waals surface area (Å²) in [5, 5.41) is 2.87. The van der Waals surface area contributed by atoms with E-state index in [2.05, 4.69) is 10.3 Å². The molecule has 2 rings (SSSR count). The van der Waals surface area contributed by atoms with Crippen molar-refractivity contribution < 1.29 is 13.9 Å². The number of nitrogens with zero attached hydrogens (tertiary/aromatic N) is 2. The van der Waals surface area contributed by atoms with Crippen LogP contribution in [0.15, 0.2) is 28.7 Å². The molecule has 0 radical (unpaired) electrons. The molecule has 0 saturated carbocycles. The first-order valence-electron chi connectivity index (χ1n) is 7.52. The number of hydrogen-bond donors (Lipinski definition) is 1. The molecule has 124 valence electrons. The number of carbonyl (C=O) groups is 1. The molecule has 0 saturated heterocycles. The zero-order valence-corrected chi connectivity index (χ0v) is 14.0. The number of para-hydroxylation sites is 1. The normalized spacial score (nSPS) is 10.8. The van der Waals surface area contributed by atoms with E-state index in [9.17, 15) is 4.79 Å². The van der Waals surface area contributed by atoms with Crippen LogP contribution in [0.3, 0.4) is 0 Å². The second kappa shape index (κ2) is 7.78. The van der Waals surface area contributed by atoms with Crippen LogP contribution in [-0.2, 0) is 11.2 Å². The summed E-state index contributed by atoms with van der Waals surface area (Å²) < 4.78 is 11.0. The standard InChI is InChI=1S/C17H23N3O3/c1-12-14(11-16(21)18-9-10-20(2)3)19-17(23-12)13-7-5-6-8-15(13)22-4/h5-8H,9-11H2,1-4H3,(H,18,21). The summed E-state index contributed by atoms with van der Waals surface area (Å²) in [4.78, 5) is 18.4. The van der Waals surface area contributed by atoms with Gasteiger partial charge in [-0.3, -0.25) is 4.79 Å². The van der Waals surface area contributed by atoms with E-state index in [-0.39, 0.29) is 12.3 Å². The van der Waals surface area contributed by atoms with Gasteiger partial charge >= 0.3 is 0 Å². The summed E-state index contributed by atoms with van der Waals surface area (Å²) in [6.07, 6.45) is 0.206. The number of oxazole rings is 1. The van der Waals surface area contributed by atoms with Gasteiger partial charge < -0.3 is 19.4 Å². The summed E-state index contributed by atoms with van der Waals surface area (Å²) in [5.74, 6) is 1.75. The lowest BCUT2D eigenvalue weighted by atomic mass is 10.2. The molecule has 0 atom stereocenters. The Balaban J connectivity index is 2.08. The van der Waals surface area contributed by atoms with E-state index in [1.54, 1.807) is 7.11 Å². The predicted molar refractivity (Wildman–Crippen MR) is 88.5 cm³/mol. The summed E-state index contributed by atoms with van der Waals surface area (Å²) in [6, 6.07) is 7.51. The summed E-state index contributed by atoms with van der Waals surface area (Å²) in [6.45, 7) is 3.23. The number of aryl methyl sites for hydroxylation is 1. The van der Waals surface area contributed by atoms with E-state index in [0.717, 1.165) is 12.1 Å². The van der Waals surface area contributed by atoms with Gasteiger partial charge in [-0.05, 0) is 33.2 Å². The Labute approximate surface area is 136 Å². The van der Waals surface area contributed by atoms with Gasteiger partial charge in [0.25, 0.3) is 0 Å². The van der Waals surface area contributed by atoms with Crippen molar-refractivity contribution in [3.63, 3.8) is 0 Å². The number of hydrogen-bond acceptors (Lipinski definition) is 5. The fourth-order valence-corrected chi connectivity index (χ4v) is 2.16.